The topological polar surface area (TPSA) is 112 Å². The minimum absolute atomic E-state index is 0.0414. The number of hydrogen-bond donors (Lipinski definition) is 1. The van der Waals surface area contributed by atoms with Crippen LogP contribution in [0.3, 0.4) is 0 Å². The monoisotopic (exact) mass is 315 g/mol. The summed E-state index contributed by atoms with van der Waals surface area (Å²) in [6.45, 7) is 0. The Labute approximate surface area is 129 Å². The molecule has 0 radical (unpaired) electrons. The second-order valence-corrected chi connectivity index (χ2v) is 5.14. The van der Waals surface area contributed by atoms with E-state index in [-0.39, 0.29) is 5.69 Å². The lowest BCUT2D eigenvalue weighted by atomic mass is 9.99. The number of rotatable bonds is 2. The number of nitrogens with one attached hydrogen (secondary N) is 1. The number of anilines is 1. The molecule has 0 amide bonds. The highest BCUT2D eigenvalue weighted by atomic mass is 16.6. The fraction of sp³-hybridized carbons (Fsp3) is 0.214. The first-order valence-electron chi connectivity index (χ1n) is 6.74. The fourth-order valence-corrected chi connectivity index (χ4v) is 2.57. The second-order valence-electron chi connectivity index (χ2n) is 5.14. The molecule has 1 aliphatic rings. The van der Waals surface area contributed by atoms with E-state index in [0.29, 0.717) is 16.9 Å². The van der Waals surface area contributed by atoms with Gasteiger partial charge in [0.05, 0.1) is 16.8 Å². The van der Waals surface area contributed by atoms with Gasteiger partial charge < -0.3 is 5.32 Å². The van der Waals surface area contributed by atoms with Gasteiger partial charge >= 0.3 is 5.69 Å². The Kier molecular flexibility index (Phi) is 3.32. The van der Waals surface area contributed by atoms with Crippen LogP contribution < -0.4 is 16.6 Å². The molecule has 2 heterocycles. The highest BCUT2D eigenvalue weighted by molar-refractivity contribution is 5.79. The lowest BCUT2D eigenvalue weighted by molar-refractivity contribution is -0.384. The van der Waals surface area contributed by atoms with Gasteiger partial charge in [-0.3, -0.25) is 29.0 Å². The van der Waals surface area contributed by atoms with Crippen molar-refractivity contribution in [3.63, 3.8) is 0 Å². The average molecular weight is 315 g/mol. The van der Waals surface area contributed by atoms with E-state index in [1.165, 1.54) is 30.1 Å². The number of nitro benzene ring substituents is 1. The molecule has 9 heteroatoms. The van der Waals surface area contributed by atoms with Crippen LogP contribution in [-0.2, 0) is 14.1 Å². The summed E-state index contributed by atoms with van der Waals surface area (Å²) in [5.41, 5.74) is 0.0198. The molecule has 2 aromatic rings. The van der Waals surface area contributed by atoms with E-state index in [1.807, 2.05) is 0 Å². The molecule has 0 saturated carbocycles. The van der Waals surface area contributed by atoms with Gasteiger partial charge in [0, 0.05) is 26.2 Å². The van der Waals surface area contributed by atoms with Crippen molar-refractivity contribution >= 4 is 17.8 Å². The minimum atomic E-state index is -0.627. The molecule has 1 atom stereocenters. The molecule has 1 aromatic heterocycles. The van der Waals surface area contributed by atoms with Crippen molar-refractivity contribution in [1.82, 2.24) is 9.13 Å². The number of hydrogen-bond acceptors (Lipinski definition) is 6. The maximum absolute atomic E-state index is 12.5. The molecule has 1 unspecified atom stereocenters. The van der Waals surface area contributed by atoms with Gasteiger partial charge in [0.1, 0.15) is 11.9 Å². The number of fused-ring (bicyclic) bond motifs is 1. The van der Waals surface area contributed by atoms with Gasteiger partial charge in [-0.25, -0.2) is 4.79 Å². The SMILES string of the molecule is Cn1c2c(c(=O)n(C)c1=O)C(c1ccc([N+](=O)[O-])cc1)N=CN2. The summed E-state index contributed by atoms with van der Waals surface area (Å²) in [7, 11) is 2.95. The van der Waals surface area contributed by atoms with Crippen LogP contribution in [0.15, 0.2) is 38.8 Å². The molecule has 118 valence electrons. The first-order chi connectivity index (χ1) is 10.9. The molecule has 0 saturated heterocycles. The van der Waals surface area contributed by atoms with Gasteiger partial charge in [-0.05, 0) is 17.7 Å². The van der Waals surface area contributed by atoms with E-state index in [9.17, 15) is 19.7 Å². The lowest BCUT2D eigenvalue weighted by Crippen LogP contribution is -2.42. The number of non-ortho nitro benzene ring substituents is 1. The van der Waals surface area contributed by atoms with E-state index >= 15 is 0 Å². The molecule has 23 heavy (non-hydrogen) atoms. The molecule has 3 rings (SSSR count). The average Bonchev–Trinajstić information content (AvgIpc) is 2.57. The number of aromatic nitrogens is 2. The quantitative estimate of drug-likeness (QED) is 0.642. The van der Waals surface area contributed by atoms with Gasteiger partial charge in [0.25, 0.3) is 11.2 Å². The van der Waals surface area contributed by atoms with Crippen LogP contribution in [-0.4, -0.2) is 20.4 Å². The smallest absolute Gasteiger partial charge is 0.332 e. The highest BCUT2D eigenvalue weighted by Crippen LogP contribution is 2.31. The molecule has 0 aliphatic carbocycles. The predicted octanol–water partition coefficient (Wildman–Crippen LogP) is 0.535. The van der Waals surface area contributed by atoms with Crippen LogP contribution in [0.2, 0.25) is 0 Å². The van der Waals surface area contributed by atoms with Gasteiger partial charge in [0.15, 0.2) is 0 Å². The van der Waals surface area contributed by atoms with Crippen LogP contribution in [0, 0.1) is 10.1 Å². The first-order valence-corrected chi connectivity index (χ1v) is 6.74. The fourth-order valence-electron chi connectivity index (χ4n) is 2.57. The molecule has 0 bridgehead atoms. The Hall–Kier alpha value is -3.23. The number of nitro groups is 1. The summed E-state index contributed by atoms with van der Waals surface area (Å²) in [4.78, 5) is 39.0. The van der Waals surface area contributed by atoms with Crippen LogP contribution in [0.4, 0.5) is 11.5 Å². The Bertz CT molecular complexity index is 939. The molecule has 9 nitrogen and oxygen atoms in total. The highest BCUT2D eigenvalue weighted by Gasteiger charge is 2.27. The van der Waals surface area contributed by atoms with Crippen LogP contribution in [0.1, 0.15) is 17.2 Å². The van der Waals surface area contributed by atoms with E-state index in [4.69, 9.17) is 0 Å². The lowest BCUT2D eigenvalue weighted by Gasteiger charge is -2.23. The Balaban J connectivity index is 2.20. The van der Waals surface area contributed by atoms with Crippen molar-refractivity contribution in [2.45, 2.75) is 6.04 Å². The van der Waals surface area contributed by atoms with Crippen LogP contribution in [0.5, 0.6) is 0 Å². The van der Waals surface area contributed by atoms with Crippen LogP contribution in [0.25, 0.3) is 0 Å². The molecule has 1 aromatic carbocycles. The van der Waals surface area contributed by atoms with E-state index in [0.717, 1.165) is 4.57 Å². The van der Waals surface area contributed by atoms with Crippen LogP contribution >= 0.6 is 0 Å². The zero-order valence-corrected chi connectivity index (χ0v) is 12.4. The van der Waals surface area contributed by atoms with Gasteiger partial charge in [-0.2, -0.15) is 0 Å². The third kappa shape index (κ3) is 2.22. The zero-order chi connectivity index (χ0) is 16.7. The summed E-state index contributed by atoms with van der Waals surface area (Å²) in [6, 6.07) is 5.20. The molecular formula is C14H13N5O4. The molecule has 0 fully saturated rings. The summed E-state index contributed by atoms with van der Waals surface area (Å²) >= 11 is 0. The number of benzene rings is 1. The number of aliphatic imine (C=N–C) groups is 1. The van der Waals surface area contributed by atoms with Crippen molar-refractivity contribution in [3.8, 4) is 0 Å². The van der Waals surface area contributed by atoms with E-state index in [1.54, 1.807) is 19.2 Å². The van der Waals surface area contributed by atoms with Gasteiger partial charge in [-0.1, -0.05) is 0 Å². The molecule has 1 N–H and O–H groups in total. The first kappa shape index (κ1) is 14.7. The van der Waals surface area contributed by atoms with E-state index in [2.05, 4.69) is 10.3 Å². The Morgan fingerprint density at radius 2 is 1.83 bits per heavy atom. The largest absolute Gasteiger partial charge is 0.332 e. The third-order valence-corrected chi connectivity index (χ3v) is 3.82. The molecule has 1 aliphatic heterocycles. The maximum Gasteiger partial charge on any atom is 0.332 e. The third-order valence-electron chi connectivity index (χ3n) is 3.82. The maximum atomic E-state index is 12.5. The normalized spacial score (nSPS) is 15.8. The summed E-state index contributed by atoms with van der Waals surface area (Å²) in [6.07, 6.45) is 1.41. The van der Waals surface area contributed by atoms with Crippen molar-refractivity contribution in [3.05, 3.63) is 66.3 Å². The zero-order valence-electron chi connectivity index (χ0n) is 12.4. The summed E-state index contributed by atoms with van der Waals surface area (Å²) in [5.74, 6) is 0.372. The second kappa shape index (κ2) is 5.20. The molecule has 0 spiro atoms. The predicted molar refractivity (Wildman–Crippen MR) is 84.0 cm³/mol. The number of nitrogens with zero attached hydrogens (tertiary/aromatic N) is 4. The van der Waals surface area contributed by atoms with E-state index < -0.39 is 22.2 Å². The van der Waals surface area contributed by atoms with Crippen molar-refractivity contribution in [1.29, 1.82) is 0 Å². The standard InChI is InChI=1S/C14H13N5O4/c1-17-12-10(13(20)18(2)14(17)21)11(15-7-16-12)8-3-5-9(6-4-8)19(22)23/h3-7,11H,1-2H3,(H,15,16). The molecular weight excluding hydrogens is 302 g/mol. The van der Waals surface area contributed by atoms with Gasteiger partial charge in [0.2, 0.25) is 0 Å². The van der Waals surface area contributed by atoms with Gasteiger partial charge in [-0.15, -0.1) is 0 Å². The summed E-state index contributed by atoms with van der Waals surface area (Å²) < 4.78 is 2.35. The van der Waals surface area contributed by atoms with Crippen molar-refractivity contribution < 1.29 is 4.92 Å². The Morgan fingerprint density at radius 3 is 2.43 bits per heavy atom. The van der Waals surface area contributed by atoms with Crippen molar-refractivity contribution in [2.75, 3.05) is 5.32 Å². The summed E-state index contributed by atoms with van der Waals surface area (Å²) in [5, 5.41) is 13.6. The minimum Gasteiger partial charge on any atom is -0.332 e. The van der Waals surface area contributed by atoms with Crippen molar-refractivity contribution in [2.24, 2.45) is 19.1 Å². The Morgan fingerprint density at radius 1 is 1.17 bits per heavy atom.